The van der Waals surface area contributed by atoms with E-state index in [1.807, 2.05) is 38.1 Å². The molecule has 0 aromatic heterocycles. The average Bonchev–Trinajstić information content (AvgIpc) is 2.72. The normalized spacial score (nSPS) is 12.8. The molecule has 0 aliphatic heterocycles. The summed E-state index contributed by atoms with van der Waals surface area (Å²) in [6, 6.07) is 15.2. The van der Waals surface area contributed by atoms with Gasteiger partial charge < -0.3 is 10.2 Å². The van der Waals surface area contributed by atoms with E-state index in [4.69, 9.17) is 11.6 Å². The molecule has 0 fully saturated rings. The summed E-state index contributed by atoms with van der Waals surface area (Å²) in [5.41, 5.74) is 3.22. The maximum absolute atomic E-state index is 13.1. The van der Waals surface area contributed by atoms with Crippen molar-refractivity contribution in [3.05, 3.63) is 70.2 Å². The number of benzene rings is 2. The Morgan fingerprint density at radius 2 is 1.87 bits per heavy atom. The third kappa shape index (κ3) is 7.37. The van der Waals surface area contributed by atoms with E-state index in [0.717, 1.165) is 17.7 Å². The molecule has 0 saturated heterocycles. The number of aryl methyl sites for hydroxylation is 1. The van der Waals surface area contributed by atoms with Crippen LogP contribution >= 0.6 is 23.4 Å². The third-order valence-corrected chi connectivity index (χ3v) is 6.40. The summed E-state index contributed by atoms with van der Waals surface area (Å²) in [4.78, 5) is 27.4. The van der Waals surface area contributed by atoms with Crippen LogP contribution in [-0.2, 0) is 21.9 Å². The van der Waals surface area contributed by atoms with Gasteiger partial charge in [0.05, 0.1) is 5.75 Å². The van der Waals surface area contributed by atoms with Gasteiger partial charge in [-0.2, -0.15) is 0 Å². The van der Waals surface area contributed by atoms with Crippen LogP contribution in [0.5, 0.6) is 0 Å². The lowest BCUT2D eigenvalue weighted by atomic mass is 10.1. The zero-order valence-corrected chi connectivity index (χ0v) is 19.7. The van der Waals surface area contributed by atoms with Gasteiger partial charge in [0, 0.05) is 23.4 Å². The molecule has 2 atom stereocenters. The van der Waals surface area contributed by atoms with Crippen molar-refractivity contribution in [3.8, 4) is 0 Å². The number of amides is 2. The highest BCUT2D eigenvalue weighted by atomic mass is 35.5. The van der Waals surface area contributed by atoms with Gasteiger partial charge in [-0.1, -0.05) is 66.6 Å². The van der Waals surface area contributed by atoms with E-state index >= 15 is 0 Å². The molecule has 2 amide bonds. The molecule has 1 N–H and O–H groups in total. The minimum atomic E-state index is -0.581. The van der Waals surface area contributed by atoms with Crippen LogP contribution in [0.15, 0.2) is 48.5 Å². The van der Waals surface area contributed by atoms with Crippen molar-refractivity contribution in [1.82, 2.24) is 10.2 Å². The minimum Gasteiger partial charge on any atom is -0.352 e. The molecule has 0 aliphatic carbocycles. The molecule has 0 aliphatic rings. The monoisotopic (exact) mass is 446 g/mol. The first-order valence-corrected chi connectivity index (χ1v) is 11.8. The van der Waals surface area contributed by atoms with Crippen LogP contribution in [-0.4, -0.2) is 34.6 Å². The lowest BCUT2D eigenvalue weighted by Gasteiger charge is -2.30. The quantitative estimate of drug-likeness (QED) is 0.544. The number of carbonyl (C=O) groups is 2. The molecule has 0 spiro atoms. The summed E-state index contributed by atoms with van der Waals surface area (Å²) in [7, 11) is 0. The molecular weight excluding hydrogens is 416 g/mol. The summed E-state index contributed by atoms with van der Waals surface area (Å²) in [5, 5.41) is 3.58. The van der Waals surface area contributed by atoms with E-state index in [-0.39, 0.29) is 17.9 Å². The van der Waals surface area contributed by atoms with Gasteiger partial charge >= 0.3 is 0 Å². The Morgan fingerprint density at radius 1 is 1.13 bits per heavy atom. The van der Waals surface area contributed by atoms with E-state index < -0.39 is 6.04 Å². The number of hydrogen-bond acceptors (Lipinski definition) is 3. The van der Waals surface area contributed by atoms with E-state index in [9.17, 15) is 9.59 Å². The van der Waals surface area contributed by atoms with Gasteiger partial charge in [0.15, 0.2) is 0 Å². The van der Waals surface area contributed by atoms with Gasteiger partial charge in [0.2, 0.25) is 11.8 Å². The van der Waals surface area contributed by atoms with Crippen molar-refractivity contribution in [2.24, 2.45) is 0 Å². The summed E-state index contributed by atoms with van der Waals surface area (Å²) in [6.07, 6.45) is 0.837. The maximum atomic E-state index is 13.1. The topological polar surface area (TPSA) is 49.4 Å². The Balaban J connectivity index is 2.09. The summed E-state index contributed by atoms with van der Waals surface area (Å²) < 4.78 is 0. The van der Waals surface area contributed by atoms with Gasteiger partial charge in [-0.15, -0.1) is 11.8 Å². The number of hydrogen-bond donors (Lipinski definition) is 1. The van der Waals surface area contributed by atoms with E-state index in [1.165, 1.54) is 11.1 Å². The van der Waals surface area contributed by atoms with Crippen LogP contribution in [0, 0.1) is 6.92 Å². The first kappa shape index (κ1) is 24.3. The lowest BCUT2D eigenvalue weighted by molar-refractivity contribution is -0.138. The number of carbonyl (C=O) groups excluding carboxylic acids is 2. The van der Waals surface area contributed by atoms with Crippen molar-refractivity contribution in [1.29, 1.82) is 0 Å². The highest BCUT2D eigenvalue weighted by Crippen LogP contribution is 2.20. The molecule has 0 saturated carbocycles. The Hall–Kier alpha value is -1.98. The number of nitrogens with one attached hydrogen (secondary N) is 1. The van der Waals surface area contributed by atoms with Crippen molar-refractivity contribution in [2.45, 2.75) is 58.5 Å². The van der Waals surface area contributed by atoms with Gasteiger partial charge in [-0.3, -0.25) is 9.59 Å². The molecule has 2 aromatic rings. The van der Waals surface area contributed by atoms with Crippen LogP contribution in [0.1, 0.15) is 43.9 Å². The summed E-state index contributed by atoms with van der Waals surface area (Å²) in [5.74, 6) is 0.841. The predicted molar refractivity (Wildman–Crippen MR) is 127 cm³/mol. The molecule has 0 radical (unpaired) electrons. The second kappa shape index (κ2) is 12.0. The largest absolute Gasteiger partial charge is 0.352 e. The highest BCUT2D eigenvalue weighted by Gasteiger charge is 2.27. The second-order valence-corrected chi connectivity index (χ2v) is 8.98. The molecule has 0 heterocycles. The number of nitrogens with zero attached hydrogens (tertiary/aromatic N) is 1. The van der Waals surface area contributed by atoms with Crippen LogP contribution in [0.4, 0.5) is 0 Å². The molecule has 2 rings (SSSR count). The molecule has 2 aromatic carbocycles. The maximum Gasteiger partial charge on any atom is 0.242 e. The van der Waals surface area contributed by atoms with Crippen molar-refractivity contribution in [3.63, 3.8) is 0 Å². The van der Waals surface area contributed by atoms with E-state index in [0.29, 0.717) is 17.3 Å². The fourth-order valence-electron chi connectivity index (χ4n) is 3.00. The van der Waals surface area contributed by atoms with Crippen molar-refractivity contribution < 1.29 is 9.59 Å². The fourth-order valence-corrected chi connectivity index (χ4v) is 4.05. The lowest BCUT2D eigenvalue weighted by Crippen LogP contribution is -2.50. The molecule has 162 valence electrons. The summed E-state index contributed by atoms with van der Waals surface area (Å²) >= 11 is 7.88. The van der Waals surface area contributed by atoms with Crippen LogP contribution in [0.2, 0.25) is 5.02 Å². The Bertz CT molecular complexity index is 859. The number of rotatable bonds is 10. The van der Waals surface area contributed by atoms with Crippen LogP contribution < -0.4 is 5.32 Å². The highest BCUT2D eigenvalue weighted by molar-refractivity contribution is 7.99. The molecule has 30 heavy (non-hydrogen) atoms. The van der Waals surface area contributed by atoms with Crippen molar-refractivity contribution in [2.75, 3.05) is 5.75 Å². The van der Waals surface area contributed by atoms with Crippen LogP contribution in [0.3, 0.4) is 0 Å². The Morgan fingerprint density at radius 3 is 2.53 bits per heavy atom. The van der Waals surface area contributed by atoms with Gasteiger partial charge in [-0.25, -0.2) is 0 Å². The molecule has 6 heteroatoms. The van der Waals surface area contributed by atoms with Crippen LogP contribution in [0.25, 0.3) is 0 Å². The van der Waals surface area contributed by atoms with Crippen molar-refractivity contribution >= 4 is 35.2 Å². The Labute approximate surface area is 189 Å². The summed E-state index contributed by atoms with van der Waals surface area (Å²) in [6.45, 7) is 8.12. The van der Waals surface area contributed by atoms with E-state index in [1.54, 1.807) is 29.7 Å². The zero-order chi connectivity index (χ0) is 22.1. The molecule has 0 bridgehead atoms. The first-order valence-electron chi connectivity index (χ1n) is 10.3. The van der Waals surface area contributed by atoms with Gasteiger partial charge in [0.25, 0.3) is 0 Å². The fraction of sp³-hybridized carbons (Fsp3) is 0.417. The average molecular weight is 447 g/mol. The number of thioether (sulfide) groups is 1. The first-order chi connectivity index (χ1) is 14.3. The smallest absolute Gasteiger partial charge is 0.242 e. The minimum absolute atomic E-state index is 0.0629. The van der Waals surface area contributed by atoms with E-state index in [2.05, 4.69) is 30.4 Å². The molecule has 4 nitrogen and oxygen atoms in total. The predicted octanol–water partition coefficient (Wildman–Crippen LogP) is 5.21. The molecule has 2 unspecified atom stereocenters. The Kier molecular flexibility index (Phi) is 9.73. The second-order valence-electron chi connectivity index (χ2n) is 7.59. The number of halogens is 1. The third-order valence-electron chi connectivity index (χ3n) is 5.04. The zero-order valence-electron chi connectivity index (χ0n) is 18.2. The standard InChI is InChI=1S/C24H31ClN2O2S/c1-5-18(3)26-24(29)19(4)27(14-21-11-6-7-12-22(21)25)23(28)16-30-15-20-10-8-9-17(2)13-20/h6-13,18-19H,5,14-16H2,1-4H3,(H,26,29). The van der Waals surface area contributed by atoms with Gasteiger partial charge in [0.1, 0.15) is 6.04 Å². The van der Waals surface area contributed by atoms with Gasteiger partial charge in [-0.05, 0) is 44.4 Å². The molecular formula is C24H31ClN2O2S. The SMILES string of the molecule is CCC(C)NC(=O)C(C)N(Cc1ccccc1Cl)C(=O)CSCc1cccc(C)c1.